The minimum Gasteiger partial charge on any atom is -0.478 e. The van der Waals surface area contributed by atoms with E-state index in [1.165, 1.54) is 35.6 Å². The van der Waals surface area contributed by atoms with Crippen molar-refractivity contribution in [2.24, 2.45) is 0 Å². The molecule has 2 aromatic rings. The molecule has 0 bridgehead atoms. The Kier molecular flexibility index (Phi) is 5.79. The molecule has 0 aromatic heterocycles. The number of anilines is 3. The zero-order valence-corrected chi connectivity index (χ0v) is 17.2. The van der Waals surface area contributed by atoms with Gasteiger partial charge >= 0.3 is 5.97 Å². The molecule has 158 valence electrons. The Hall–Kier alpha value is -3.40. The third-order valence-electron chi connectivity index (χ3n) is 4.85. The molecule has 1 aliphatic rings. The molecule has 2 N–H and O–H groups in total. The first-order chi connectivity index (χ1) is 14.1. The number of carbonyl (C=O) groups excluding carboxylic acids is 2. The summed E-state index contributed by atoms with van der Waals surface area (Å²) in [6.07, 6.45) is -0.0813. The number of hydrogen-bond acceptors (Lipinski definition) is 6. The molecule has 0 radical (unpaired) electrons. The normalized spacial score (nSPS) is 16.6. The third-order valence-corrected chi connectivity index (χ3v) is 6.63. The molecule has 0 saturated carbocycles. The van der Waals surface area contributed by atoms with Gasteiger partial charge in [-0.3, -0.25) is 13.9 Å². The number of imide groups is 1. The first-order valence-corrected chi connectivity index (χ1v) is 10.8. The maximum absolute atomic E-state index is 12.8. The molecule has 9 nitrogen and oxygen atoms in total. The fourth-order valence-electron chi connectivity index (χ4n) is 3.12. The van der Waals surface area contributed by atoms with Gasteiger partial charge in [-0.1, -0.05) is 6.07 Å². The second-order valence-electron chi connectivity index (χ2n) is 6.74. The molecule has 1 aliphatic heterocycles. The van der Waals surface area contributed by atoms with Gasteiger partial charge in [-0.15, -0.1) is 0 Å². The van der Waals surface area contributed by atoms with Gasteiger partial charge in [0.05, 0.1) is 29.1 Å². The van der Waals surface area contributed by atoms with Crippen molar-refractivity contribution in [3.63, 3.8) is 0 Å². The largest absolute Gasteiger partial charge is 0.478 e. The highest BCUT2D eigenvalue weighted by molar-refractivity contribution is 7.92. The lowest BCUT2D eigenvalue weighted by Gasteiger charge is -2.19. The van der Waals surface area contributed by atoms with Crippen LogP contribution in [0.25, 0.3) is 0 Å². The summed E-state index contributed by atoms with van der Waals surface area (Å²) in [5.74, 6) is -2.11. The van der Waals surface area contributed by atoms with Crippen LogP contribution >= 0.6 is 0 Å². The molecule has 10 heteroatoms. The maximum Gasteiger partial charge on any atom is 0.335 e. The average Bonchev–Trinajstić information content (AvgIpc) is 3.01. The van der Waals surface area contributed by atoms with Crippen molar-refractivity contribution in [3.8, 4) is 0 Å². The van der Waals surface area contributed by atoms with E-state index in [4.69, 9.17) is 5.11 Å². The minimum absolute atomic E-state index is 0.0220. The van der Waals surface area contributed by atoms with Crippen molar-refractivity contribution in [1.82, 2.24) is 0 Å². The van der Waals surface area contributed by atoms with Crippen molar-refractivity contribution >= 4 is 44.9 Å². The molecule has 1 fully saturated rings. The lowest BCUT2D eigenvalue weighted by molar-refractivity contribution is -0.121. The van der Waals surface area contributed by atoms with Gasteiger partial charge in [-0.25, -0.2) is 18.1 Å². The van der Waals surface area contributed by atoms with E-state index in [0.717, 1.165) is 4.90 Å². The minimum atomic E-state index is -3.38. The second kappa shape index (κ2) is 8.15. The van der Waals surface area contributed by atoms with Crippen molar-refractivity contribution in [1.29, 1.82) is 0 Å². The van der Waals surface area contributed by atoms with Gasteiger partial charge in [0, 0.05) is 12.7 Å². The Balaban J connectivity index is 1.76. The molecule has 1 atom stereocenters. The van der Waals surface area contributed by atoms with Gasteiger partial charge in [0.1, 0.15) is 6.04 Å². The molecule has 0 spiro atoms. The van der Waals surface area contributed by atoms with E-state index in [1.54, 1.807) is 31.2 Å². The predicted octanol–water partition coefficient (Wildman–Crippen LogP) is 1.91. The van der Waals surface area contributed by atoms with Crippen molar-refractivity contribution in [2.45, 2.75) is 19.4 Å². The maximum atomic E-state index is 12.8. The highest BCUT2D eigenvalue weighted by Gasteiger charge is 2.39. The number of carboxylic acid groups (broad SMARTS) is 1. The number of nitrogens with zero attached hydrogens (tertiary/aromatic N) is 2. The van der Waals surface area contributed by atoms with Crippen LogP contribution in [0.15, 0.2) is 48.5 Å². The van der Waals surface area contributed by atoms with E-state index >= 15 is 0 Å². The quantitative estimate of drug-likeness (QED) is 0.642. The Morgan fingerprint density at radius 2 is 1.87 bits per heavy atom. The van der Waals surface area contributed by atoms with Crippen molar-refractivity contribution < 1.29 is 27.9 Å². The molecule has 1 saturated heterocycles. The SMILES string of the molecule is CCS(=O)(=O)N(C)c1ccc(NC2CC(=O)N(c3cccc(C(=O)O)c3)C2=O)cc1. The van der Waals surface area contributed by atoms with Crippen LogP contribution in [0.1, 0.15) is 23.7 Å². The Bertz CT molecular complexity index is 1100. The molecular weight excluding hydrogens is 410 g/mol. The van der Waals surface area contributed by atoms with Gasteiger partial charge in [0.15, 0.2) is 0 Å². The van der Waals surface area contributed by atoms with E-state index in [9.17, 15) is 22.8 Å². The summed E-state index contributed by atoms with van der Waals surface area (Å²) in [6.45, 7) is 1.56. The van der Waals surface area contributed by atoms with Crippen LogP contribution < -0.4 is 14.5 Å². The van der Waals surface area contributed by atoms with E-state index in [1.807, 2.05) is 0 Å². The average molecular weight is 431 g/mol. The Morgan fingerprint density at radius 3 is 2.47 bits per heavy atom. The van der Waals surface area contributed by atoms with E-state index in [2.05, 4.69) is 5.32 Å². The van der Waals surface area contributed by atoms with Crippen LogP contribution in [0.5, 0.6) is 0 Å². The number of amides is 2. The number of rotatable bonds is 7. The van der Waals surface area contributed by atoms with Crippen LogP contribution in [0.2, 0.25) is 0 Å². The zero-order valence-electron chi connectivity index (χ0n) is 16.4. The van der Waals surface area contributed by atoms with Gasteiger partial charge in [-0.2, -0.15) is 0 Å². The number of carbonyl (C=O) groups is 3. The summed E-state index contributed by atoms with van der Waals surface area (Å²) in [5, 5.41) is 12.1. The monoisotopic (exact) mass is 431 g/mol. The molecule has 30 heavy (non-hydrogen) atoms. The van der Waals surface area contributed by atoms with Crippen LogP contribution in [-0.4, -0.2) is 50.2 Å². The van der Waals surface area contributed by atoms with Gasteiger partial charge in [0.25, 0.3) is 5.91 Å². The van der Waals surface area contributed by atoms with E-state index < -0.39 is 33.8 Å². The third kappa shape index (κ3) is 4.13. The standard InChI is InChI=1S/C20H21N3O6S/c1-3-30(28,29)22(2)15-9-7-14(8-10-15)21-17-12-18(24)23(19(17)25)16-6-4-5-13(11-16)20(26)27/h4-11,17,21H,3,12H2,1-2H3,(H,26,27). The van der Waals surface area contributed by atoms with Crippen molar-refractivity contribution in [2.75, 3.05) is 27.3 Å². The van der Waals surface area contributed by atoms with Crippen molar-refractivity contribution in [3.05, 3.63) is 54.1 Å². The summed E-state index contributed by atoms with van der Waals surface area (Å²) >= 11 is 0. The molecule has 3 rings (SSSR count). The Labute approximate surface area is 174 Å². The predicted molar refractivity (Wildman–Crippen MR) is 112 cm³/mol. The fourth-order valence-corrected chi connectivity index (χ4v) is 3.95. The molecular formula is C20H21N3O6S. The molecule has 0 aliphatic carbocycles. The highest BCUT2D eigenvalue weighted by Crippen LogP contribution is 2.27. The summed E-state index contributed by atoms with van der Waals surface area (Å²) in [4.78, 5) is 37.3. The summed E-state index contributed by atoms with van der Waals surface area (Å²) in [5.41, 5.74) is 1.21. The van der Waals surface area contributed by atoms with Crippen LogP contribution in [0.3, 0.4) is 0 Å². The van der Waals surface area contributed by atoms with Gasteiger partial charge < -0.3 is 10.4 Å². The second-order valence-corrected chi connectivity index (χ2v) is 9.03. The first-order valence-electron chi connectivity index (χ1n) is 9.17. The fraction of sp³-hybridized carbons (Fsp3) is 0.250. The summed E-state index contributed by atoms with van der Waals surface area (Å²) in [7, 11) is -1.92. The number of hydrogen-bond donors (Lipinski definition) is 2. The number of sulfonamides is 1. The lowest BCUT2D eigenvalue weighted by Crippen LogP contribution is -2.34. The van der Waals surface area contributed by atoms with Crippen LogP contribution in [-0.2, 0) is 19.6 Å². The number of nitrogens with one attached hydrogen (secondary N) is 1. The topological polar surface area (TPSA) is 124 Å². The lowest BCUT2D eigenvalue weighted by atomic mass is 10.2. The Morgan fingerprint density at radius 1 is 1.20 bits per heavy atom. The van der Waals surface area contributed by atoms with Gasteiger partial charge in [0.2, 0.25) is 15.9 Å². The zero-order chi connectivity index (χ0) is 22.1. The molecule has 1 unspecified atom stereocenters. The van der Waals surface area contributed by atoms with E-state index in [-0.39, 0.29) is 23.4 Å². The number of carboxylic acids is 1. The van der Waals surface area contributed by atoms with E-state index in [0.29, 0.717) is 11.4 Å². The molecule has 1 heterocycles. The highest BCUT2D eigenvalue weighted by atomic mass is 32.2. The van der Waals surface area contributed by atoms with Gasteiger partial charge in [-0.05, 0) is 49.4 Å². The summed E-state index contributed by atoms with van der Waals surface area (Å²) < 4.78 is 25.1. The molecule has 2 aromatic carbocycles. The number of aromatic carboxylic acids is 1. The van der Waals surface area contributed by atoms with Crippen LogP contribution in [0, 0.1) is 0 Å². The molecule has 2 amide bonds. The van der Waals surface area contributed by atoms with Crippen LogP contribution in [0.4, 0.5) is 17.1 Å². The number of benzene rings is 2. The smallest absolute Gasteiger partial charge is 0.335 e. The first kappa shape index (κ1) is 21.3. The summed E-state index contributed by atoms with van der Waals surface area (Å²) in [6, 6.07) is 11.3.